The van der Waals surface area contributed by atoms with Crippen LogP contribution in [0.25, 0.3) is 0 Å². The highest BCUT2D eigenvalue weighted by atomic mass is 32.2. The molecule has 0 spiro atoms. The van der Waals surface area contributed by atoms with Crippen LogP contribution in [0.4, 0.5) is 5.69 Å². The number of nitrogens with zero attached hydrogens (tertiary/aromatic N) is 1. The second-order valence-corrected chi connectivity index (χ2v) is 6.20. The van der Waals surface area contributed by atoms with Gasteiger partial charge < -0.3 is 5.11 Å². The van der Waals surface area contributed by atoms with Crippen molar-refractivity contribution >= 4 is 16.6 Å². The Kier molecular flexibility index (Phi) is 4.06. The van der Waals surface area contributed by atoms with E-state index in [1.165, 1.54) is 6.07 Å². The third-order valence-corrected chi connectivity index (χ3v) is 4.62. The van der Waals surface area contributed by atoms with E-state index in [4.69, 9.17) is 0 Å². The quantitative estimate of drug-likeness (QED) is 0.530. The fourth-order valence-corrected chi connectivity index (χ4v) is 3.28. The Bertz CT molecular complexity index is 583. The summed E-state index contributed by atoms with van der Waals surface area (Å²) in [6.45, 7) is 0. The van der Waals surface area contributed by atoms with Crippen molar-refractivity contribution in [3.05, 3.63) is 64.2 Å². The van der Waals surface area contributed by atoms with Gasteiger partial charge in [0.2, 0.25) is 0 Å². The minimum absolute atomic E-state index is 0.135. The fourth-order valence-electron chi connectivity index (χ4n) is 1.81. The lowest BCUT2D eigenvalue weighted by Crippen LogP contribution is -2.05. The molecule has 2 rings (SSSR count). The smallest absolute Gasteiger partial charge is 0.277 e. The third kappa shape index (κ3) is 3.26. The lowest BCUT2D eigenvalue weighted by Gasteiger charge is -2.04. The Morgan fingerprint density at radius 3 is 2.42 bits per heavy atom. The van der Waals surface area contributed by atoms with Gasteiger partial charge in [0.1, 0.15) is 17.8 Å². The van der Waals surface area contributed by atoms with Crippen LogP contribution in [0.2, 0.25) is 0 Å². The van der Waals surface area contributed by atoms with E-state index >= 15 is 0 Å². The predicted molar refractivity (Wildman–Crippen MR) is 76.5 cm³/mol. The van der Waals surface area contributed by atoms with E-state index in [0.717, 1.165) is 10.5 Å². The fraction of sp³-hybridized carbons (Fsp3) is 0.143. The number of nitro groups is 1. The molecule has 0 aliphatic rings. The van der Waals surface area contributed by atoms with Gasteiger partial charge in [-0.05, 0) is 30.3 Å². The van der Waals surface area contributed by atoms with Crippen LogP contribution < -0.4 is 0 Å². The van der Waals surface area contributed by atoms with Crippen molar-refractivity contribution in [2.45, 2.75) is 10.6 Å². The van der Waals surface area contributed by atoms with Crippen LogP contribution in [0.3, 0.4) is 0 Å². The zero-order valence-electron chi connectivity index (χ0n) is 10.4. The molecule has 1 N–H and O–H groups in total. The molecule has 0 aromatic heterocycles. The molecule has 0 aliphatic carbocycles. The molecule has 2 aromatic carbocycles. The van der Waals surface area contributed by atoms with Crippen molar-refractivity contribution in [3.63, 3.8) is 0 Å². The average molecular weight is 276 g/mol. The number of hydrogen-bond acceptors (Lipinski definition) is 3. The van der Waals surface area contributed by atoms with Gasteiger partial charge >= 0.3 is 0 Å². The van der Waals surface area contributed by atoms with Gasteiger partial charge in [0, 0.05) is 17.0 Å². The number of benzene rings is 2. The molecule has 0 aliphatic heterocycles. The summed E-state index contributed by atoms with van der Waals surface area (Å²) in [6.07, 6.45) is 2.04. The van der Waals surface area contributed by atoms with Crippen molar-refractivity contribution in [2.24, 2.45) is 0 Å². The summed E-state index contributed by atoms with van der Waals surface area (Å²) in [5.74, 6) is 0.855. The van der Waals surface area contributed by atoms with Crippen molar-refractivity contribution < 1.29 is 10.0 Å². The molecule has 0 radical (unpaired) electrons. The number of phenolic OH excluding ortho intramolecular Hbond substituents is 1. The van der Waals surface area contributed by atoms with Gasteiger partial charge in [-0.15, -0.1) is 0 Å². The highest BCUT2D eigenvalue weighted by Gasteiger charge is 2.22. The van der Waals surface area contributed by atoms with E-state index in [-0.39, 0.29) is 27.3 Å². The van der Waals surface area contributed by atoms with Crippen molar-refractivity contribution in [1.82, 2.24) is 0 Å². The van der Waals surface area contributed by atoms with Crippen molar-refractivity contribution in [1.29, 1.82) is 0 Å². The topological polar surface area (TPSA) is 63.4 Å². The largest absolute Gasteiger partial charge is 0.508 e. The molecule has 0 amide bonds. The highest BCUT2D eigenvalue weighted by molar-refractivity contribution is 7.95. The average Bonchev–Trinajstić information content (AvgIpc) is 2.39. The van der Waals surface area contributed by atoms with Crippen LogP contribution in [0.1, 0.15) is 5.56 Å². The lowest BCUT2D eigenvalue weighted by atomic mass is 10.2. The van der Waals surface area contributed by atoms with Gasteiger partial charge in [0.05, 0.1) is 10.5 Å². The van der Waals surface area contributed by atoms with Gasteiger partial charge in [-0.1, -0.05) is 12.1 Å². The first kappa shape index (κ1) is 13.4. The monoisotopic (exact) mass is 276 g/mol. The van der Waals surface area contributed by atoms with Gasteiger partial charge in [-0.25, -0.2) is 0 Å². The zero-order valence-corrected chi connectivity index (χ0v) is 11.3. The molecule has 1 unspecified atom stereocenters. The van der Waals surface area contributed by atoms with Crippen LogP contribution in [0.5, 0.6) is 5.75 Å². The normalized spacial score (nSPS) is 12.1. The van der Waals surface area contributed by atoms with Crippen molar-refractivity contribution in [3.8, 4) is 5.75 Å². The van der Waals surface area contributed by atoms with E-state index in [1.54, 1.807) is 24.3 Å². The third-order valence-electron chi connectivity index (χ3n) is 2.80. The molecule has 4 nitrogen and oxygen atoms in total. The van der Waals surface area contributed by atoms with Gasteiger partial charge in [0.15, 0.2) is 4.90 Å². The zero-order chi connectivity index (χ0) is 13.8. The summed E-state index contributed by atoms with van der Waals surface area (Å²) >= 11 is 0. The van der Waals surface area contributed by atoms with Crippen LogP contribution >= 0.6 is 0 Å². The molecular formula is C14H14NO3S+. The predicted octanol–water partition coefficient (Wildman–Crippen LogP) is 3.11. The van der Waals surface area contributed by atoms with Gasteiger partial charge in [-0.3, -0.25) is 10.1 Å². The Morgan fingerprint density at radius 2 is 1.79 bits per heavy atom. The second kappa shape index (κ2) is 5.75. The highest BCUT2D eigenvalue weighted by Crippen LogP contribution is 2.24. The molecular weight excluding hydrogens is 262 g/mol. The number of hydrogen-bond donors (Lipinski definition) is 1. The molecule has 0 bridgehead atoms. The molecule has 0 fully saturated rings. The van der Waals surface area contributed by atoms with E-state index in [2.05, 4.69) is 0 Å². The molecule has 0 saturated heterocycles. The number of para-hydroxylation sites is 1. The van der Waals surface area contributed by atoms with E-state index < -0.39 is 0 Å². The SMILES string of the molecule is C[S+](Cc1ccccc1[N+](=O)[O-])c1ccc(O)cc1. The van der Waals surface area contributed by atoms with Crippen LogP contribution in [0.15, 0.2) is 53.4 Å². The first-order chi connectivity index (χ1) is 9.08. The van der Waals surface area contributed by atoms with Crippen LogP contribution in [-0.4, -0.2) is 16.3 Å². The number of rotatable bonds is 4. The van der Waals surface area contributed by atoms with Crippen LogP contribution in [0, 0.1) is 10.1 Å². The maximum atomic E-state index is 11.0. The van der Waals surface area contributed by atoms with Gasteiger partial charge in [-0.2, -0.15) is 0 Å². The summed E-state index contributed by atoms with van der Waals surface area (Å²) in [7, 11) is -0.135. The minimum atomic E-state index is -0.344. The van der Waals surface area contributed by atoms with E-state index in [0.29, 0.717) is 5.75 Å². The Hall–Kier alpha value is -2.01. The lowest BCUT2D eigenvalue weighted by molar-refractivity contribution is -0.385. The summed E-state index contributed by atoms with van der Waals surface area (Å²) < 4.78 is 0. The second-order valence-electron chi connectivity index (χ2n) is 4.16. The molecule has 5 heteroatoms. The Balaban J connectivity index is 2.21. The summed E-state index contributed by atoms with van der Waals surface area (Å²) in [6, 6.07) is 13.8. The molecule has 19 heavy (non-hydrogen) atoms. The van der Waals surface area contributed by atoms with Crippen LogP contribution in [-0.2, 0) is 16.6 Å². The van der Waals surface area contributed by atoms with E-state index in [1.807, 2.05) is 24.5 Å². The Labute approximate surface area is 114 Å². The summed E-state index contributed by atoms with van der Waals surface area (Å²) in [4.78, 5) is 11.7. The maximum absolute atomic E-state index is 11.0. The maximum Gasteiger partial charge on any atom is 0.277 e. The number of nitro benzene ring substituents is 1. The van der Waals surface area contributed by atoms with Crippen molar-refractivity contribution in [2.75, 3.05) is 6.26 Å². The number of phenols is 1. The van der Waals surface area contributed by atoms with E-state index in [9.17, 15) is 15.2 Å². The first-order valence-corrected chi connectivity index (χ1v) is 7.52. The summed E-state index contributed by atoms with van der Waals surface area (Å²) in [5, 5.41) is 20.2. The minimum Gasteiger partial charge on any atom is -0.508 e. The molecule has 2 aromatic rings. The van der Waals surface area contributed by atoms with Gasteiger partial charge in [0.25, 0.3) is 5.69 Å². The summed E-state index contributed by atoms with van der Waals surface area (Å²) in [5.41, 5.74) is 0.909. The molecule has 0 heterocycles. The first-order valence-electron chi connectivity index (χ1n) is 5.72. The molecule has 98 valence electrons. The Morgan fingerprint density at radius 1 is 1.16 bits per heavy atom. The standard InChI is InChI=1S/C14H13NO3S/c1-19(13-8-6-12(16)7-9-13)10-11-4-2-3-5-14(11)15(17)18/h2-9H,10H2,1H3/p+1. The molecule has 0 saturated carbocycles. The number of aromatic hydroxyl groups is 1. The molecule has 1 atom stereocenters.